The average molecular weight is 406 g/mol. The van der Waals surface area contributed by atoms with Gasteiger partial charge in [-0.05, 0) is 36.4 Å². The van der Waals surface area contributed by atoms with E-state index in [0.717, 1.165) is 18.2 Å². The molecule has 0 unspecified atom stereocenters. The number of benzene rings is 2. The molecule has 0 bridgehead atoms. The lowest BCUT2D eigenvalue weighted by Gasteiger charge is -2.06. The Bertz CT molecular complexity index is 875. The first-order valence-electron chi connectivity index (χ1n) is 6.34. The van der Waals surface area contributed by atoms with E-state index < -0.39 is 23.1 Å². The predicted molar refractivity (Wildman–Crippen MR) is 94.9 cm³/mol. The summed E-state index contributed by atoms with van der Waals surface area (Å²) in [5, 5.41) is 19.6. The van der Waals surface area contributed by atoms with Crippen molar-refractivity contribution in [2.75, 3.05) is 0 Å². The van der Waals surface area contributed by atoms with Crippen molar-refractivity contribution in [2.24, 2.45) is 0 Å². The number of carboxylic acid groups (broad SMARTS) is 1. The second-order valence-corrected chi connectivity index (χ2v) is 6.24. The molecule has 0 spiro atoms. The fourth-order valence-electron chi connectivity index (χ4n) is 1.89. The van der Waals surface area contributed by atoms with Gasteiger partial charge in [-0.2, -0.15) is 0 Å². The Hall–Kier alpha value is -1.72. The number of ketones is 1. The highest BCUT2D eigenvalue weighted by Crippen LogP contribution is 2.33. The van der Waals surface area contributed by atoms with Gasteiger partial charge in [0, 0.05) is 15.6 Å². The normalized spacial score (nSPS) is 11.0. The molecule has 0 heterocycles. The van der Waals surface area contributed by atoms with Crippen LogP contribution in [0.3, 0.4) is 0 Å². The number of aromatic hydroxyl groups is 1. The van der Waals surface area contributed by atoms with E-state index in [9.17, 15) is 14.7 Å². The SMILES string of the molecule is O=C(O)c1cc(Cl)cc(C(=O)/C=C/c2c(Cl)ccc(Cl)c2Cl)c1O. The maximum absolute atomic E-state index is 12.3. The lowest BCUT2D eigenvalue weighted by Crippen LogP contribution is -2.03. The third-order valence-electron chi connectivity index (χ3n) is 3.05. The fraction of sp³-hybridized carbons (Fsp3) is 0. The molecular weight excluding hydrogens is 398 g/mol. The minimum absolute atomic E-state index is 0.000713. The summed E-state index contributed by atoms with van der Waals surface area (Å²) in [5.74, 6) is -2.76. The molecule has 24 heavy (non-hydrogen) atoms. The Kier molecular flexibility index (Phi) is 5.78. The molecule has 124 valence electrons. The van der Waals surface area contributed by atoms with Crippen molar-refractivity contribution in [3.8, 4) is 5.75 Å². The van der Waals surface area contributed by atoms with Crippen molar-refractivity contribution in [2.45, 2.75) is 0 Å². The number of phenols is 1. The summed E-state index contributed by atoms with van der Waals surface area (Å²) in [6, 6.07) is 5.23. The summed E-state index contributed by atoms with van der Waals surface area (Å²) in [6.45, 7) is 0. The first-order valence-corrected chi connectivity index (χ1v) is 7.85. The van der Waals surface area contributed by atoms with E-state index in [1.165, 1.54) is 18.2 Å². The van der Waals surface area contributed by atoms with Gasteiger partial charge in [-0.3, -0.25) is 4.79 Å². The van der Waals surface area contributed by atoms with Gasteiger partial charge < -0.3 is 10.2 Å². The average Bonchev–Trinajstić information content (AvgIpc) is 2.52. The maximum Gasteiger partial charge on any atom is 0.339 e. The van der Waals surface area contributed by atoms with Crippen LogP contribution < -0.4 is 0 Å². The van der Waals surface area contributed by atoms with Gasteiger partial charge >= 0.3 is 5.97 Å². The van der Waals surface area contributed by atoms with Crippen LogP contribution in [-0.4, -0.2) is 22.0 Å². The third-order valence-corrected chi connectivity index (χ3v) is 4.42. The van der Waals surface area contributed by atoms with Crippen LogP contribution in [0.5, 0.6) is 5.75 Å². The van der Waals surface area contributed by atoms with Gasteiger partial charge in [0.05, 0.1) is 15.6 Å². The van der Waals surface area contributed by atoms with Crippen molar-refractivity contribution >= 4 is 64.2 Å². The van der Waals surface area contributed by atoms with Crippen LogP contribution in [0.1, 0.15) is 26.3 Å². The van der Waals surface area contributed by atoms with Crippen molar-refractivity contribution in [3.05, 3.63) is 67.1 Å². The topological polar surface area (TPSA) is 74.6 Å². The Balaban J connectivity index is 2.45. The summed E-state index contributed by atoms with van der Waals surface area (Å²) < 4.78 is 0. The molecule has 2 rings (SSSR count). The molecule has 0 fully saturated rings. The number of halogens is 4. The van der Waals surface area contributed by atoms with E-state index in [1.54, 1.807) is 0 Å². The smallest absolute Gasteiger partial charge is 0.339 e. The Labute approximate surface area is 156 Å². The monoisotopic (exact) mass is 404 g/mol. The number of allylic oxidation sites excluding steroid dienone is 1. The van der Waals surface area contributed by atoms with E-state index in [-0.39, 0.29) is 25.7 Å². The molecule has 0 atom stereocenters. The zero-order chi connectivity index (χ0) is 18.0. The van der Waals surface area contributed by atoms with E-state index in [1.807, 2.05) is 0 Å². The Morgan fingerprint density at radius 3 is 2.17 bits per heavy atom. The lowest BCUT2D eigenvalue weighted by molar-refractivity contribution is 0.0693. The molecule has 2 aromatic rings. The molecule has 0 saturated heterocycles. The summed E-state index contributed by atoms with van der Waals surface area (Å²) in [6.07, 6.45) is 2.40. The Morgan fingerprint density at radius 2 is 1.54 bits per heavy atom. The molecule has 0 aliphatic rings. The summed E-state index contributed by atoms with van der Waals surface area (Å²) in [7, 11) is 0. The van der Waals surface area contributed by atoms with E-state index in [2.05, 4.69) is 0 Å². The molecule has 2 aromatic carbocycles. The van der Waals surface area contributed by atoms with E-state index in [4.69, 9.17) is 51.5 Å². The van der Waals surface area contributed by atoms with Crippen molar-refractivity contribution in [1.29, 1.82) is 0 Å². The minimum atomic E-state index is -1.41. The van der Waals surface area contributed by atoms with Crippen LogP contribution in [0.2, 0.25) is 20.1 Å². The number of carbonyl (C=O) groups excluding carboxylic acids is 1. The summed E-state index contributed by atoms with van der Waals surface area (Å²) >= 11 is 23.7. The number of hydrogen-bond donors (Lipinski definition) is 2. The largest absolute Gasteiger partial charge is 0.506 e. The molecule has 4 nitrogen and oxygen atoms in total. The second-order valence-electron chi connectivity index (χ2n) is 4.61. The second kappa shape index (κ2) is 7.45. The molecular formula is C16H8Cl4O4. The van der Waals surface area contributed by atoms with Gasteiger partial charge in [0.25, 0.3) is 0 Å². The van der Waals surface area contributed by atoms with Gasteiger partial charge in [0.1, 0.15) is 11.3 Å². The molecule has 0 aromatic heterocycles. The molecule has 0 saturated carbocycles. The van der Waals surface area contributed by atoms with Crippen LogP contribution in [0.4, 0.5) is 0 Å². The van der Waals surface area contributed by atoms with Gasteiger partial charge in [0.15, 0.2) is 5.78 Å². The van der Waals surface area contributed by atoms with Crippen LogP contribution in [0.15, 0.2) is 30.3 Å². The first-order chi connectivity index (χ1) is 11.2. The van der Waals surface area contributed by atoms with Gasteiger partial charge in [-0.15, -0.1) is 0 Å². The van der Waals surface area contributed by atoms with Crippen LogP contribution >= 0.6 is 46.4 Å². The van der Waals surface area contributed by atoms with Crippen LogP contribution in [-0.2, 0) is 0 Å². The standard InChI is InChI=1S/C16H8Cl4O4/c17-7-5-9(15(22)10(6-7)16(23)24)13(21)4-1-8-11(18)2-3-12(19)14(8)20/h1-6,22H,(H,23,24)/b4-1+. The molecule has 2 N–H and O–H groups in total. The number of rotatable bonds is 4. The number of aromatic carboxylic acids is 1. The molecule has 8 heteroatoms. The minimum Gasteiger partial charge on any atom is -0.506 e. The van der Waals surface area contributed by atoms with Crippen LogP contribution in [0, 0.1) is 0 Å². The Morgan fingerprint density at radius 1 is 0.958 bits per heavy atom. The zero-order valence-electron chi connectivity index (χ0n) is 11.7. The van der Waals surface area contributed by atoms with Gasteiger partial charge in [-0.1, -0.05) is 46.4 Å². The maximum atomic E-state index is 12.3. The van der Waals surface area contributed by atoms with Crippen molar-refractivity contribution in [1.82, 2.24) is 0 Å². The van der Waals surface area contributed by atoms with E-state index >= 15 is 0 Å². The summed E-state index contributed by atoms with van der Waals surface area (Å²) in [4.78, 5) is 23.3. The molecule has 0 aliphatic carbocycles. The highest BCUT2D eigenvalue weighted by atomic mass is 35.5. The lowest BCUT2D eigenvalue weighted by atomic mass is 10.0. The third kappa shape index (κ3) is 3.84. The molecule has 0 radical (unpaired) electrons. The number of carboxylic acids is 1. The van der Waals surface area contributed by atoms with Gasteiger partial charge in [-0.25, -0.2) is 4.79 Å². The predicted octanol–water partition coefficient (Wildman–Crippen LogP) is 5.60. The molecule has 0 amide bonds. The van der Waals surface area contributed by atoms with Crippen molar-refractivity contribution < 1.29 is 19.8 Å². The fourth-order valence-corrected chi connectivity index (χ4v) is 2.77. The summed E-state index contributed by atoms with van der Waals surface area (Å²) in [5.41, 5.74) is -0.414. The van der Waals surface area contributed by atoms with Crippen LogP contribution in [0.25, 0.3) is 6.08 Å². The van der Waals surface area contributed by atoms with Crippen molar-refractivity contribution in [3.63, 3.8) is 0 Å². The molecule has 0 aliphatic heterocycles. The quantitative estimate of drug-likeness (QED) is 0.394. The van der Waals surface area contributed by atoms with E-state index in [0.29, 0.717) is 5.56 Å². The highest BCUT2D eigenvalue weighted by Gasteiger charge is 2.18. The number of carbonyl (C=O) groups is 2. The van der Waals surface area contributed by atoms with Gasteiger partial charge in [0.2, 0.25) is 0 Å². The zero-order valence-corrected chi connectivity index (χ0v) is 14.7. The highest BCUT2D eigenvalue weighted by molar-refractivity contribution is 6.44. The number of hydrogen-bond acceptors (Lipinski definition) is 3. The first kappa shape index (κ1) is 18.6.